The smallest absolute Gasteiger partial charge is 0.147 e. The summed E-state index contributed by atoms with van der Waals surface area (Å²) in [6, 6.07) is 0. The maximum Gasteiger partial charge on any atom is 0.147 e. The first-order valence-corrected chi connectivity index (χ1v) is 5.31. The largest absolute Gasteiger partial charge is 0.389 e. The Kier molecular flexibility index (Phi) is 5.62. The topological polar surface area (TPSA) is 58.5 Å². The SMILES string of the molecule is COCC(O)CN(C)Cc1cnc(Cl)cn1. The third-order valence-electron chi connectivity index (χ3n) is 1.99. The highest BCUT2D eigenvalue weighted by Gasteiger charge is 2.08. The number of aliphatic hydroxyl groups excluding tert-OH is 1. The van der Waals surface area contributed by atoms with Crippen LogP contribution in [-0.4, -0.2) is 53.4 Å². The summed E-state index contributed by atoms with van der Waals surface area (Å²) in [7, 11) is 3.46. The molecule has 0 saturated heterocycles. The molecule has 90 valence electrons. The molecule has 0 bridgehead atoms. The van der Waals surface area contributed by atoms with Gasteiger partial charge in [0.1, 0.15) is 5.15 Å². The Balaban J connectivity index is 2.39. The van der Waals surface area contributed by atoms with E-state index >= 15 is 0 Å². The number of hydrogen-bond donors (Lipinski definition) is 1. The van der Waals surface area contributed by atoms with Gasteiger partial charge in [0.05, 0.1) is 30.8 Å². The first kappa shape index (κ1) is 13.3. The second-order valence-corrected chi connectivity index (χ2v) is 4.02. The lowest BCUT2D eigenvalue weighted by molar-refractivity contribution is 0.0416. The molecule has 16 heavy (non-hydrogen) atoms. The molecule has 0 aliphatic rings. The van der Waals surface area contributed by atoms with Crippen molar-refractivity contribution < 1.29 is 9.84 Å². The molecule has 5 nitrogen and oxygen atoms in total. The Hall–Kier alpha value is -0.750. The Morgan fingerprint density at radius 3 is 2.81 bits per heavy atom. The van der Waals surface area contributed by atoms with Gasteiger partial charge in [0.25, 0.3) is 0 Å². The molecule has 1 aromatic rings. The fraction of sp³-hybridized carbons (Fsp3) is 0.600. The number of aromatic nitrogens is 2. The quantitative estimate of drug-likeness (QED) is 0.794. The highest BCUT2D eigenvalue weighted by Crippen LogP contribution is 2.03. The average molecular weight is 246 g/mol. The molecular formula is C10H16ClN3O2. The Bertz CT molecular complexity index is 307. The summed E-state index contributed by atoms with van der Waals surface area (Å²) in [5, 5.41) is 9.90. The molecule has 1 heterocycles. The second kappa shape index (κ2) is 6.75. The van der Waals surface area contributed by atoms with Crippen molar-refractivity contribution in [2.24, 2.45) is 0 Å². The van der Waals surface area contributed by atoms with Crippen LogP contribution < -0.4 is 0 Å². The molecule has 0 radical (unpaired) electrons. The van der Waals surface area contributed by atoms with Crippen LogP contribution in [0.4, 0.5) is 0 Å². The van der Waals surface area contributed by atoms with Gasteiger partial charge in [-0.15, -0.1) is 0 Å². The van der Waals surface area contributed by atoms with Crippen LogP contribution in [0, 0.1) is 0 Å². The maximum atomic E-state index is 9.52. The summed E-state index contributed by atoms with van der Waals surface area (Å²) < 4.78 is 4.85. The zero-order valence-electron chi connectivity index (χ0n) is 9.43. The van der Waals surface area contributed by atoms with Gasteiger partial charge in [0.15, 0.2) is 0 Å². The van der Waals surface area contributed by atoms with Gasteiger partial charge in [-0.25, -0.2) is 4.98 Å². The molecule has 0 aliphatic heterocycles. The van der Waals surface area contributed by atoms with Crippen molar-refractivity contribution in [3.05, 3.63) is 23.2 Å². The van der Waals surface area contributed by atoms with Gasteiger partial charge in [-0.1, -0.05) is 11.6 Å². The molecule has 0 saturated carbocycles. The molecule has 1 unspecified atom stereocenters. The average Bonchev–Trinajstić information content (AvgIpc) is 2.21. The summed E-state index contributed by atoms with van der Waals surface area (Å²) >= 11 is 5.63. The van der Waals surface area contributed by atoms with Gasteiger partial charge in [-0.05, 0) is 7.05 Å². The second-order valence-electron chi connectivity index (χ2n) is 3.64. The minimum absolute atomic E-state index is 0.330. The monoisotopic (exact) mass is 245 g/mol. The standard InChI is InChI=1S/C10H16ClN3O2/c1-14(6-9(15)7-16-2)5-8-3-13-10(11)4-12-8/h3-4,9,15H,5-7H2,1-2H3. The van der Waals surface area contributed by atoms with Gasteiger partial charge < -0.3 is 9.84 Å². The van der Waals surface area contributed by atoms with Crippen molar-refractivity contribution in [2.45, 2.75) is 12.6 Å². The third kappa shape index (κ3) is 4.85. The Morgan fingerprint density at radius 2 is 2.25 bits per heavy atom. The first-order chi connectivity index (χ1) is 7.61. The summed E-state index contributed by atoms with van der Waals surface area (Å²) in [5.41, 5.74) is 0.816. The van der Waals surface area contributed by atoms with E-state index in [4.69, 9.17) is 16.3 Å². The lowest BCUT2D eigenvalue weighted by Crippen LogP contribution is -2.31. The molecular weight excluding hydrogens is 230 g/mol. The van der Waals surface area contributed by atoms with Crippen LogP contribution in [0.2, 0.25) is 5.15 Å². The zero-order chi connectivity index (χ0) is 12.0. The minimum atomic E-state index is -0.491. The van der Waals surface area contributed by atoms with Gasteiger partial charge in [-0.2, -0.15) is 0 Å². The van der Waals surface area contributed by atoms with Gasteiger partial charge in [0, 0.05) is 20.2 Å². The predicted octanol–water partition coefficient (Wildman–Crippen LogP) is 0.569. The van der Waals surface area contributed by atoms with E-state index in [-0.39, 0.29) is 0 Å². The lowest BCUT2D eigenvalue weighted by Gasteiger charge is -2.19. The zero-order valence-corrected chi connectivity index (χ0v) is 10.2. The number of nitrogens with zero attached hydrogens (tertiary/aromatic N) is 3. The molecule has 0 amide bonds. The molecule has 0 spiro atoms. The number of hydrogen-bond acceptors (Lipinski definition) is 5. The number of aliphatic hydroxyl groups is 1. The van der Waals surface area contributed by atoms with E-state index < -0.39 is 6.10 Å². The van der Waals surface area contributed by atoms with E-state index in [9.17, 15) is 5.11 Å². The molecule has 0 aromatic carbocycles. The molecule has 1 atom stereocenters. The van der Waals surface area contributed by atoms with Crippen LogP contribution in [0.15, 0.2) is 12.4 Å². The molecule has 1 aromatic heterocycles. The van der Waals surface area contributed by atoms with Crippen molar-refractivity contribution in [1.29, 1.82) is 0 Å². The van der Waals surface area contributed by atoms with Crippen molar-refractivity contribution in [2.75, 3.05) is 27.3 Å². The van der Waals surface area contributed by atoms with Crippen molar-refractivity contribution >= 4 is 11.6 Å². The Labute approximate surface area is 100 Å². The van der Waals surface area contributed by atoms with Gasteiger partial charge in [0.2, 0.25) is 0 Å². The van der Waals surface area contributed by atoms with Crippen LogP contribution in [-0.2, 0) is 11.3 Å². The van der Waals surface area contributed by atoms with E-state index in [1.54, 1.807) is 13.3 Å². The lowest BCUT2D eigenvalue weighted by atomic mass is 10.3. The van der Waals surface area contributed by atoms with Gasteiger partial charge >= 0.3 is 0 Å². The number of halogens is 1. The maximum absolute atomic E-state index is 9.52. The molecule has 1 N–H and O–H groups in total. The molecule has 6 heteroatoms. The van der Waals surface area contributed by atoms with E-state index in [2.05, 4.69) is 9.97 Å². The van der Waals surface area contributed by atoms with Crippen molar-refractivity contribution in [3.63, 3.8) is 0 Å². The number of rotatable bonds is 6. The molecule has 1 rings (SSSR count). The summed E-state index contributed by atoms with van der Waals surface area (Å²) in [6.45, 7) is 1.47. The summed E-state index contributed by atoms with van der Waals surface area (Å²) in [5.74, 6) is 0. The van der Waals surface area contributed by atoms with Crippen LogP contribution in [0.1, 0.15) is 5.69 Å². The molecule has 0 fully saturated rings. The predicted molar refractivity (Wildman–Crippen MR) is 61.3 cm³/mol. The van der Waals surface area contributed by atoms with Crippen LogP contribution in [0.5, 0.6) is 0 Å². The summed E-state index contributed by atoms with van der Waals surface area (Å²) in [4.78, 5) is 10.0. The number of methoxy groups -OCH3 is 1. The fourth-order valence-electron chi connectivity index (χ4n) is 1.37. The van der Waals surface area contributed by atoms with Crippen LogP contribution in [0.25, 0.3) is 0 Å². The van der Waals surface area contributed by atoms with E-state index in [1.165, 1.54) is 6.20 Å². The third-order valence-corrected chi connectivity index (χ3v) is 2.18. The summed E-state index contributed by atoms with van der Waals surface area (Å²) in [6.07, 6.45) is 2.65. The van der Waals surface area contributed by atoms with Crippen LogP contribution in [0.3, 0.4) is 0 Å². The fourth-order valence-corrected chi connectivity index (χ4v) is 1.46. The van der Waals surface area contributed by atoms with Crippen molar-refractivity contribution in [1.82, 2.24) is 14.9 Å². The number of ether oxygens (including phenoxy) is 1. The number of likely N-dealkylation sites (N-methyl/N-ethyl adjacent to an activating group) is 1. The minimum Gasteiger partial charge on any atom is -0.389 e. The highest BCUT2D eigenvalue weighted by molar-refractivity contribution is 6.29. The van der Waals surface area contributed by atoms with E-state index in [1.807, 2.05) is 11.9 Å². The first-order valence-electron chi connectivity index (χ1n) is 4.93. The van der Waals surface area contributed by atoms with E-state index in [0.29, 0.717) is 24.8 Å². The van der Waals surface area contributed by atoms with Crippen molar-refractivity contribution in [3.8, 4) is 0 Å². The normalized spacial score (nSPS) is 13.1. The Morgan fingerprint density at radius 1 is 1.50 bits per heavy atom. The van der Waals surface area contributed by atoms with E-state index in [0.717, 1.165) is 5.69 Å². The van der Waals surface area contributed by atoms with Gasteiger partial charge in [-0.3, -0.25) is 9.88 Å². The highest BCUT2D eigenvalue weighted by atomic mass is 35.5. The molecule has 0 aliphatic carbocycles. The van der Waals surface area contributed by atoms with Crippen LogP contribution >= 0.6 is 11.6 Å².